The molecule has 0 aromatic rings. The zero-order chi connectivity index (χ0) is 15.9. The zero-order valence-corrected chi connectivity index (χ0v) is 14.0. The smallest absolute Gasteiger partial charge is 0.223 e. The molecular weight excluding hydrogens is 278 g/mol. The molecule has 2 aliphatic rings. The second-order valence-electron chi connectivity index (χ2n) is 6.97. The summed E-state index contributed by atoms with van der Waals surface area (Å²) in [5.41, 5.74) is 0. The highest BCUT2D eigenvalue weighted by atomic mass is 16.2. The summed E-state index contributed by atoms with van der Waals surface area (Å²) < 4.78 is 0. The Morgan fingerprint density at radius 2 is 1.55 bits per heavy atom. The van der Waals surface area contributed by atoms with Gasteiger partial charge in [-0.3, -0.25) is 9.59 Å². The molecule has 0 aliphatic heterocycles. The molecule has 2 fully saturated rings. The minimum atomic E-state index is 0.115. The van der Waals surface area contributed by atoms with E-state index in [0.29, 0.717) is 12.6 Å². The normalized spacial score (nSPS) is 27.4. The van der Waals surface area contributed by atoms with Crippen molar-refractivity contribution in [3.8, 4) is 0 Å². The van der Waals surface area contributed by atoms with E-state index < -0.39 is 0 Å². The first kappa shape index (κ1) is 17.3. The van der Waals surface area contributed by atoms with Gasteiger partial charge in [-0.1, -0.05) is 12.8 Å². The minimum absolute atomic E-state index is 0.115. The lowest BCUT2D eigenvalue weighted by molar-refractivity contribution is -0.126. The Hall–Kier alpha value is -1.10. The van der Waals surface area contributed by atoms with Crippen molar-refractivity contribution in [1.82, 2.24) is 16.0 Å². The lowest BCUT2D eigenvalue weighted by atomic mass is 9.85. The first-order valence-electron chi connectivity index (χ1n) is 8.85. The number of hydrogen-bond donors (Lipinski definition) is 3. The number of hydrogen-bond acceptors (Lipinski definition) is 3. The molecule has 22 heavy (non-hydrogen) atoms. The highest BCUT2D eigenvalue weighted by Gasteiger charge is 2.29. The first-order valence-corrected chi connectivity index (χ1v) is 8.85. The van der Waals surface area contributed by atoms with Gasteiger partial charge in [-0.2, -0.15) is 0 Å². The Labute approximate surface area is 134 Å². The summed E-state index contributed by atoms with van der Waals surface area (Å²) in [6.45, 7) is 2.73. The highest BCUT2D eigenvalue weighted by molar-refractivity contribution is 5.80. The molecule has 0 spiro atoms. The summed E-state index contributed by atoms with van der Waals surface area (Å²) >= 11 is 0. The predicted octanol–water partition coefficient (Wildman–Crippen LogP) is 1.58. The molecule has 2 saturated carbocycles. The topological polar surface area (TPSA) is 70.2 Å². The molecule has 126 valence electrons. The van der Waals surface area contributed by atoms with E-state index in [4.69, 9.17) is 0 Å². The molecule has 2 aliphatic carbocycles. The van der Waals surface area contributed by atoms with Gasteiger partial charge in [0.05, 0.1) is 0 Å². The number of rotatable bonds is 6. The molecule has 3 N–H and O–H groups in total. The maximum atomic E-state index is 12.1. The van der Waals surface area contributed by atoms with Crippen molar-refractivity contribution < 1.29 is 9.59 Å². The number of nitrogens with one attached hydrogen (secondary N) is 3. The van der Waals surface area contributed by atoms with E-state index in [0.717, 1.165) is 38.5 Å². The predicted molar refractivity (Wildman–Crippen MR) is 87.4 cm³/mol. The van der Waals surface area contributed by atoms with Gasteiger partial charge in [0.15, 0.2) is 0 Å². The van der Waals surface area contributed by atoms with Crippen LogP contribution >= 0.6 is 0 Å². The van der Waals surface area contributed by atoms with Crippen molar-refractivity contribution >= 4 is 11.8 Å². The van der Waals surface area contributed by atoms with Crippen LogP contribution in [0.15, 0.2) is 0 Å². The van der Waals surface area contributed by atoms with E-state index in [9.17, 15) is 9.59 Å². The van der Waals surface area contributed by atoms with Crippen LogP contribution in [-0.4, -0.2) is 37.5 Å². The van der Waals surface area contributed by atoms with Crippen molar-refractivity contribution in [3.63, 3.8) is 0 Å². The second kappa shape index (κ2) is 8.51. The summed E-state index contributed by atoms with van der Waals surface area (Å²) in [5, 5.41) is 9.33. The third kappa shape index (κ3) is 4.97. The Morgan fingerprint density at radius 3 is 2.14 bits per heavy atom. The molecule has 2 amide bonds. The average Bonchev–Trinajstić information content (AvgIpc) is 3.07. The lowest BCUT2D eigenvalue weighted by Crippen LogP contribution is -2.44. The molecule has 5 nitrogen and oxygen atoms in total. The van der Waals surface area contributed by atoms with E-state index >= 15 is 0 Å². The van der Waals surface area contributed by atoms with Gasteiger partial charge in [-0.05, 0) is 52.5 Å². The van der Waals surface area contributed by atoms with Crippen LogP contribution in [0.2, 0.25) is 0 Å². The standard InChI is InChI=1S/C17H31N3O2/c1-12(18-2)11-19-16(21)14-7-9-15(10-8-14)20-17(22)13-5-3-4-6-13/h12-15,18H,3-11H2,1-2H3,(H,19,21)(H,20,22). The molecule has 0 bridgehead atoms. The van der Waals surface area contributed by atoms with Gasteiger partial charge in [0.2, 0.25) is 11.8 Å². The lowest BCUT2D eigenvalue weighted by Gasteiger charge is -2.29. The molecule has 2 rings (SSSR count). The fraction of sp³-hybridized carbons (Fsp3) is 0.882. The fourth-order valence-electron chi connectivity index (χ4n) is 3.51. The van der Waals surface area contributed by atoms with Crippen molar-refractivity contribution in [1.29, 1.82) is 0 Å². The molecule has 5 heteroatoms. The summed E-state index contributed by atoms with van der Waals surface area (Å²) in [6.07, 6.45) is 8.10. The summed E-state index contributed by atoms with van der Waals surface area (Å²) in [5.74, 6) is 0.767. The summed E-state index contributed by atoms with van der Waals surface area (Å²) in [6, 6.07) is 0.569. The monoisotopic (exact) mass is 309 g/mol. The van der Waals surface area contributed by atoms with Crippen LogP contribution in [0.3, 0.4) is 0 Å². The van der Waals surface area contributed by atoms with Crippen LogP contribution in [0.4, 0.5) is 0 Å². The van der Waals surface area contributed by atoms with Crippen LogP contribution in [0.5, 0.6) is 0 Å². The molecule has 0 heterocycles. The third-order valence-electron chi connectivity index (χ3n) is 5.25. The van der Waals surface area contributed by atoms with E-state index in [1.807, 2.05) is 7.05 Å². The van der Waals surface area contributed by atoms with Crippen LogP contribution in [0.25, 0.3) is 0 Å². The van der Waals surface area contributed by atoms with Crippen LogP contribution in [-0.2, 0) is 9.59 Å². The number of carbonyl (C=O) groups excluding carboxylic acids is 2. The van der Waals surface area contributed by atoms with Gasteiger partial charge in [0.1, 0.15) is 0 Å². The Morgan fingerprint density at radius 1 is 0.955 bits per heavy atom. The zero-order valence-electron chi connectivity index (χ0n) is 14.0. The SMILES string of the molecule is CNC(C)CNC(=O)C1CCC(NC(=O)C2CCCC2)CC1. The van der Waals surface area contributed by atoms with E-state index in [-0.39, 0.29) is 29.7 Å². The van der Waals surface area contributed by atoms with Gasteiger partial charge in [0.25, 0.3) is 0 Å². The van der Waals surface area contributed by atoms with E-state index in [1.54, 1.807) is 0 Å². The maximum Gasteiger partial charge on any atom is 0.223 e. The van der Waals surface area contributed by atoms with Gasteiger partial charge in [-0.25, -0.2) is 0 Å². The number of likely N-dealkylation sites (N-methyl/N-ethyl adjacent to an activating group) is 1. The quantitative estimate of drug-likeness (QED) is 0.697. The van der Waals surface area contributed by atoms with E-state index in [1.165, 1.54) is 12.8 Å². The maximum absolute atomic E-state index is 12.1. The molecule has 1 atom stereocenters. The van der Waals surface area contributed by atoms with Gasteiger partial charge >= 0.3 is 0 Å². The molecule has 0 aromatic carbocycles. The Balaban J connectivity index is 1.66. The Bertz CT molecular complexity index is 372. The van der Waals surface area contributed by atoms with Gasteiger partial charge < -0.3 is 16.0 Å². The summed E-state index contributed by atoms with van der Waals surface area (Å²) in [7, 11) is 1.90. The molecule has 0 radical (unpaired) electrons. The third-order valence-corrected chi connectivity index (χ3v) is 5.25. The summed E-state index contributed by atoms with van der Waals surface area (Å²) in [4.78, 5) is 24.3. The second-order valence-corrected chi connectivity index (χ2v) is 6.97. The largest absolute Gasteiger partial charge is 0.354 e. The van der Waals surface area contributed by atoms with E-state index in [2.05, 4.69) is 22.9 Å². The minimum Gasteiger partial charge on any atom is -0.354 e. The fourth-order valence-corrected chi connectivity index (χ4v) is 3.51. The molecule has 0 saturated heterocycles. The van der Waals surface area contributed by atoms with Crippen molar-refractivity contribution in [2.45, 2.75) is 70.4 Å². The van der Waals surface area contributed by atoms with Crippen molar-refractivity contribution in [2.24, 2.45) is 11.8 Å². The van der Waals surface area contributed by atoms with Crippen LogP contribution in [0.1, 0.15) is 58.3 Å². The average molecular weight is 309 g/mol. The van der Waals surface area contributed by atoms with Crippen LogP contribution < -0.4 is 16.0 Å². The number of carbonyl (C=O) groups is 2. The Kier molecular flexibility index (Phi) is 6.68. The molecule has 1 unspecified atom stereocenters. The highest BCUT2D eigenvalue weighted by Crippen LogP contribution is 2.27. The van der Waals surface area contributed by atoms with Crippen molar-refractivity contribution in [2.75, 3.05) is 13.6 Å². The molecule has 0 aromatic heterocycles. The van der Waals surface area contributed by atoms with Gasteiger partial charge in [0, 0.05) is 30.5 Å². The van der Waals surface area contributed by atoms with Gasteiger partial charge in [-0.15, -0.1) is 0 Å². The van der Waals surface area contributed by atoms with Crippen molar-refractivity contribution in [3.05, 3.63) is 0 Å². The number of amides is 2. The van der Waals surface area contributed by atoms with Crippen LogP contribution in [0, 0.1) is 11.8 Å². The first-order chi connectivity index (χ1) is 10.6. The molecular formula is C17H31N3O2.